The average Bonchev–Trinajstić information content (AvgIpc) is 2.40. The van der Waals surface area contributed by atoms with Crippen LogP contribution in [0.15, 0.2) is 0 Å². The Hall–Kier alpha value is 0.310. The minimum atomic E-state index is 0.852. The Labute approximate surface area is 68.0 Å². The quantitative estimate of drug-likeness (QED) is 0.673. The van der Waals surface area contributed by atoms with E-state index in [-0.39, 0.29) is 0 Å². The molecule has 1 heterocycles. The third kappa shape index (κ3) is 2.51. The fourth-order valence-electron chi connectivity index (χ4n) is 1.48. The van der Waals surface area contributed by atoms with Crippen LogP contribution in [0, 0.1) is 5.92 Å². The van der Waals surface area contributed by atoms with Gasteiger partial charge < -0.3 is 5.32 Å². The van der Waals surface area contributed by atoms with E-state index in [1.54, 1.807) is 0 Å². The summed E-state index contributed by atoms with van der Waals surface area (Å²) in [5, 5.41) is 4.24. The Kier molecular flexibility index (Phi) is 3.57. The van der Waals surface area contributed by atoms with Crippen molar-refractivity contribution in [3.05, 3.63) is 0 Å². The van der Waals surface area contributed by atoms with Crippen molar-refractivity contribution in [2.45, 2.75) is 25.0 Å². The molecular weight excluding hydrogens is 142 g/mol. The van der Waals surface area contributed by atoms with Crippen LogP contribution < -0.4 is 5.32 Å². The molecule has 0 aromatic rings. The van der Waals surface area contributed by atoms with Crippen LogP contribution in [0.25, 0.3) is 0 Å². The van der Waals surface area contributed by atoms with Crippen LogP contribution in [-0.4, -0.2) is 24.6 Å². The fourth-order valence-corrected chi connectivity index (χ4v) is 1.95. The van der Waals surface area contributed by atoms with Gasteiger partial charge in [0.15, 0.2) is 0 Å². The molecule has 1 rings (SSSR count). The lowest BCUT2D eigenvalue weighted by atomic mass is 10.0. The molecule has 1 nitrogen and oxygen atoms in total. The Morgan fingerprint density at radius 1 is 1.70 bits per heavy atom. The van der Waals surface area contributed by atoms with Crippen LogP contribution in [0.5, 0.6) is 0 Å². The van der Waals surface area contributed by atoms with E-state index in [4.69, 9.17) is 0 Å². The summed E-state index contributed by atoms with van der Waals surface area (Å²) < 4.78 is 0. The summed E-state index contributed by atoms with van der Waals surface area (Å²) in [4.78, 5) is 0. The second kappa shape index (κ2) is 4.24. The molecule has 1 fully saturated rings. The number of hydrogen-bond acceptors (Lipinski definition) is 2. The Balaban J connectivity index is 2.11. The second-order valence-electron chi connectivity index (χ2n) is 3.14. The first-order valence-corrected chi connectivity index (χ1v) is 5.35. The van der Waals surface area contributed by atoms with Gasteiger partial charge in [0.2, 0.25) is 0 Å². The molecule has 10 heavy (non-hydrogen) atoms. The van der Waals surface area contributed by atoms with Crippen molar-refractivity contribution in [1.29, 1.82) is 0 Å². The van der Waals surface area contributed by atoms with Gasteiger partial charge in [0.1, 0.15) is 0 Å². The summed E-state index contributed by atoms with van der Waals surface area (Å²) >= 11 is 1.98. The molecule has 1 saturated heterocycles. The molecule has 0 amide bonds. The highest BCUT2D eigenvalue weighted by Crippen LogP contribution is 2.20. The first-order chi connectivity index (χ1) is 4.83. The van der Waals surface area contributed by atoms with Gasteiger partial charge >= 0.3 is 0 Å². The average molecular weight is 159 g/mol. The van der Waals surface area contributed by atoms with Gasteiger partial charge in [0, 0.05) is 5.25 Å². The van der Waals surface area contributed by atoms with Gasteiger partial charge in [-0.1, -0.05) is 6.92 Å². The van der Waals surface area contributed by atoms with Gasteiger partial charge in [0.25, 0.3) is 0 Å². The molecule has 0 aromatic heterocycles. The summed E-state index contributed by atoms with van der Waals surface area (Å²) in [5.41, 5.74) is 0. The predicted molar refractivity (Wildman–Crippen MR) is 48.6 cm³/mol. The van der Waals surface area contributed by atoms with Crippen LogP contribution in [0.4, 0.5) is 0 Å². The van der Waals surface area contributed by atoms with Gasteiger partial charge in [-0.25, -0.2) is 0 Å². The van der Waals surface area contributed by atoms with E-state index in [0.717, 1.165) is 11.2 Å². The summed E-state index contributed by atoms with van der Waals surface area (Å²) in [7, 11) is 0. The van der Waals surface area contributed by atoms with Crippen molar-refractivity contribution in [1.82, 2.24) is 5.32 Å². The van der Waals surface area contributed by atoms with E-state index in [0.29, 0.717) is 0 Å². The minimum Gasteiger partial charge on any atom is -0.316 e. The maximum Gasteiger partial charge on any atom is 0.00190 e. The first kappa shape index (κ1) is 8.41. The number of thioether (sulfide) groups is 1. The predicted octanol–water partition coefficient (Wildman–Crippen LogP) is 1.74. The highest BCUT2D eigenvalue weighted by molar-refractivity contribution is 7.99. The fraction of sp³-hybridized carbons (Fsp3) is 1.00. The molecule has 60 valence electrons. The maximum atomic E-state index is 3.39. The molecule has 2 atom stereocenters. The van der Waals surface area contributed by atoms with Crippen LogP contribution in [0.2, 0.25) is 0 Å². The molecule has 1 aliphatic heterocycles. The molecule has 0 radical (unpaired) electrons. The number of nitrogens with one attached hydrogen (secondary N) is 1. The number of hydrogen-bond donors (Lipinski definition) is 1. The van der Waals surface area contributed by atoms with Gasteiger partial charge in [-0.15, -0.1) is 0 Å². The van der Waals surface area contributed by atoms with Crippen molar-refractivity contribution < 1.29 is 0 Å². The maximum absolute atomic E-state index is 3.39. The summed E-state index contributed by atoms with van der Waals surface area (Å²) in [5.74, 6) is 0.961. The Bertz CT molecular complexity index is 89.3. The molecule has 0 bridgehead atoms. The topological polar surface area (TPSA) is 12.0 Å². The molecular formula is C8H17NS. The zero-order chi connectivity index (χ0) is 7.40. The Morgan fingerprint density at radius 2 is 2.50 bits per heavy atom. The Morgan fingerprint density at radius 3 is 3.00 bits per heavy atom. The van der Waals surface area contributed by atoms with Crippen molar-refractivity contribution >= 4 is 11.8 Å². The van der Waals surface area contributed by atoms with Gasteiger partial charge in [0.05, 0.1) is 0 Å². The summed E-state index contributed by atoms with van der Waals surface area (Å²) in [6.45, 7) is 4.82. The van der Waals surface area contributed by atoms with E-state index in [2.05, 4.69) is 18.5 Å². The molecule has 2 unspecified atom stereocenters. The molecule has 0 aliphatic carbocycles. The van der Waals surface area contributed by atoms with Gasteiger partial charge in [-0.3, -0.25) is 0 Å². The second-order valence-corrected chi connectivity index (χ2v) is 4.42. The normalized spacial score (nSPS) is 28.8. The van der Waals surface area contributed by atoms with Crippen molar-refractivity contribution in [2.24, 2.45) is 5.92 Å². The largest absolute Gasteiger partial charge is 0.316 e. The molecule has 0 spiro atoms. The molecule has 2 heteroatoms. The monoisotopic (exact) mass is 159 g/mol. The first-order valence-electron chi connectivity index (χ1n) is 4.06. The van der Waals surface area contributed by atoms with Crippen molar-refractivity contribution in [2.75, 3.05) is 19.3 Å². The van der Waals surface area contributed by atoms with Crippen LogP contribution in [-0.2, 0) is 0 Å². The standard InChI is InChI=1S/C8H17NS/c1-7(10-2)5-8-3-4-9-6-8/h7-9H,3-6H2,1-2H3. The molecule has 0 saturated carbocycles. The zero-order valence-electron chi connectivity index (χ0n) is 6.89. The lowest BCUT2D eigenvalue weighted by Crippen LogP contribution is -2.12. The van der Waals surface area contributed by atoms with E-state index < -0.39 is 0 Å². The van der Waals surface area contributed by atoms with E-state index in [1.165, 1.54) is 25.9 Å². The minimum absolute atomic E-state index is 0.852. The summed E-state index contributed by atoms with van der Waals surface area (Å²) in [6, 6.07) is 0. The van der Waals surface area contributed by atoms with Gasteiger partial charge in [-0.05, 0) is 38.1 Å². The number of rotatable bonds is 3. The molecule has 1 N–H and O–H groups in total. The van der Waals surface area contributed by atoms with E-state index in [9.17, 15) is 0 Å². The summed E-state index contributed by atoms with van der Waals surface area (Å²) in [6.07, 6.45) is 4.99. The highest BCUT2D eigenvalue weighted by Gasteiger charge is 2.16. The van der Waals surface area contributed by atoms with Crippen LogP contribution >= 0.6 is 11.8 Å². The molecule has 0 aromatic carbocycles. The van der Waals surface area contributed by atoms with E-state index >= 15 is 0 Å². The lowest BCUT2D eigenvalue weighted by molar-refractivity contribution is 0.532. The SMILES string of the molecule is CSC(C)CC1CCNC1. The lowest BCUT2D eigenvalue weighted by Gasteiger charge is -2.12. The third-order valence-electron chi connectivity index (χ3n) is 2.23. The molecule has 1 aliphatic rings. The van der Waals surface area contributed by atoms with Crippen LogP contribution in [0.3, 0.4) is 0 Å². The zero-order valence-corrected chi connectivity index (χ0v) is 7.71. The highest BCUT2D eigenvalue weighted by atomic mass is 32.2. The van der Waals surface area contributed by atoms with Crippen molar-refractivity contribution in [3.8, 4) is 0 Å². The third-order valence-corrected chi connectivity index (χ3v) is 3.23. The smallest absolute Gasteiger partial charge is 0.00190 e. The van der Waals surface area contributed by atoms with Crippen molar-refractivity contribution in [3.63, 3.8) is 0 Å². The van der Waals surface area contributed by atoms with E-state index in [1.807, 2.05) is 11.8 Å². The van der Waals surface area contributed by atoms with Gasteiger partial charge in [-0.2, -0.15) is 11.8 Å². The van der Waals surface area contributed by atoms with Crippen LogP contribution in [0.1, 0.15) is 19.8 Å².